The topological polar surface area (TPSA) is 86.0 Å². The second kappa shape index (κ2) is 7.66. The van der Waals surface area contributed by atoms with Gasteiger partial charge in [-0.15, -0.1) is 12.4 Å². The lowest BCUT2D eigenvalue weighted by Gasteiger charge is -2.20. The average Bonchev–Trinajstić information content (AvgIpc) is 2.99. The SMILES string of the molecule is Cl.N=C(N)N(CCc1ccccc1)C(=O)c1cc2ccccc2[nH]1. The van der Waals surface area contributed by atoms with Gasteiger partial charge in [-0.2, -0.15) is 0 Å². The Kier molecular flexibility index (Phi) is 5.60. The fourth-order valence-corrected chi connectivity index (χ4v) is 2.55. The van der Waals surface area contributed by atoms with Gasteiger partial charge < -0.3 is 10.7 Å². The van der Waals surface area contributed by atoms with Crippen LogP contribution in [0.2, 0.25) is 0 Å². The van der Waals surface area contributed by atoms with E-state index in [1.54, 1.807) is 6.07 Å². The Balaban J connectivity index is 0.00000208. The van der Waals surface area contributed by atoms with Crippen molar-refractivity contribution in [2.75, 3.05) is 6.54 Å². The first kappa shape index (κ1) is 17.6. The molecule has 6 heteroatoms. The third-order valence-electron chi connectivity index (χ3n) is 3.76. The smallest absolute Gasteiger partial charge is 0.277 e. The first-order valence-corrected chi connectivity index (χ1v) is 7.43. The standard InChI is InChI=1S/C18H18N4O.ClH/c19-18(20)22(11-10-13-6-2-1-3-7-13)17(23)16-12-14-8-4-5-9-15(14)21-16;/h1-9,12,21H,10-11H2,(H3,19,20);1H. The maximum Gasteiger partial charge on any atom is 0.277 e. The minimum absolute atomic E-state index is 0. The van der Waals surface area contributed by atoms with Gasteiger partial charge in [-0.1, -0.05) is 48.5 Å². The van der Waals surface area contributed by atoms with E-state index in [4.69, 9.17) is 11.1 Å². The summed E-state index contributed by atoms with van der Waals surface area (Å²) >= 11 is 0. The molecule has 5 nitrogen and oxygen atoms in total. The molecule has 0 fully saturated rings. The number of carbonyl (C=O) groups is 1. The normalized spacial score (nSPS) is 10.2. The molecule has 0 bridgehead atoms. The molecule has 1 amide bonds. The first-order valence-electron chi connectivity index (χ1n) is 7.43. The van der Waals surface area contributed by atoms with Crippen LogP contribution in [0.3, 0.4) is 0 Å². The van der Waals surface area contributed by atoms with Crippen molar-refractivity contribution in [3.8, 4) is 0 Å². The minimum atomic E-state index is -0.287. The molecule has 0 aliphatic heterocycles. The lowest BCUT2D eigenvalue weighted by Crippen LogP contribution is -2.42. The molecule has 0 saturated carbocycles. The Hall–Kier alpha value is -2.79. The number of nitrogens with two attached hydrogens (primary N) is 1. The number of fused-ring (bicyclic) bond motifs is 1. The van der Waals surface area contributed by atoms with Crippen LogP contribution in [0.5, 0.6) is 0 Å². The molecule has 24 heavy (non-hydrogen) atoms. The van der Waals surface area contributed by atoms with Crippen molar-refractivity contribution in [1.82, 2.24) is 9.88 Å². The highest BCUT2D eigenvalue weighted by atomic mass is 35.5. The molecule has 0 atom stereocenters. The lowest BCUT2D eigenvalue weighted by molar-refractivity contribution is 0.0841. The molecule has 0 unspecified atom stereocenters. The number of H-pyrrole nitrogens is 1. The Bertz CT molecular complexity index is 811. The van der Waals surface area contributed by atoms with Gasteiger partial charge in [-0.3, -0.25) is 15.1 Å². The molecule has 0 aliphatic carbocycles. The molecule has 0 radical (unpaired) electrons. The largest absolute Gasteiger partial charge is 0.370 e. The van der Waals surface area contributed by atoms with E-state index in [0.717, 1.165) is 16.5 Å². The number of halogens is 1. The predicted molar refractivity (Wildman–Crippen MR) is 98.6 cm³/mol. The Morgan fingerprint density at radius 1 is 1.08 bits per heavy atom. The molecule has 0 aliphatic rings. The fourth-order valence-electron chi connectivity index (χ4n) is 2.55. The van der Waals surface area contributed by atoms with Crippen LogP contribution in [0.1, 0.15) is 16.1 Å². The second-order valence-corrected chi connectivity index (χ2v) is 5.35. The second-order valence-electron chi connectivity index (χ2n) is 5.35. The van der Waals surface area contributed by atoms with Crippen molar-refractivity contribution < 1.29 is 4.79 Å². The number of carbonyl (C=O) groups excluding carboxylic acids is 1. The summed E-state index contributed by atoms with van der Waals surface area (Å²) < 4.78 is 0. The van der Waals surface area contributed by atoms with Gasteiger partial charge in [0.1, 0.15) is 5.69 Å². The number of guanidine groups is 1. The highest BCUT2D eigenvalue weighted by Crippen LogP contribution is 2.16. The Morgan fingerprint density at radius 3 is 2.42 bits per heavy atom. The van der Waals surface area contributed by atoms with Crippen LogP contribution < -0.4 is 5.73 Å². The van der Waals surface area contributed by atoms with Crippen molar-refractivity contribution in [3.63, 3.8) is 0 Å². The third kappa shape index (κ3) is 3.75. The van der Waals surface area contributed by atoms with Crippen LogP contribution in [0.25, 0.3) is 10.9 Å². The number of hydrogen-bond donors (Lipinski definition) is 3. The molecule has 0 saturated heterocycles. The van der Waals surface area contributed by atoms with Gasteiger partial charge in [0.15, 0.2) is 5.96 Å². The molecule has 2 aromatic carbocycles. The molecule has 4 N–H and O–H groups in total. The quantitative estimate of drug-likeness (QED) is 0.502. The number of para-hydroxylation sites is 1. The summed E-state index contributed by atoms with van der Waals surface area (Å²) in [5.41, 5.74) is 8.04. The molecular weight excluding hydrogens is 324 g/mol. The number of nitrogens with one attached hydrogen (secondary N) is 2. The minimum Gasteiger partial charge on any atom is -0.370 e. The van der Waals surface area contributed by atoms with Crippen LogP contribution in [-0.2, 0) is 6.42 Å². The van der Waals surface area contributed by atoms with E-state index >= 15 is 0 Å². The van der Waals surface area contributed by atoms with Gasteiger partial charge in [0, 0.05) is 17.4 Å². The zero-order valence-electron chi connectivity index (χ0n) is 13.0. The molecule has 124 valence electrons. The van der Waals surface area contributed by atoms with Crippen molar-refractivity contribution in [1.29, 1.82) is 5.41 Å². The van der Waals surface area contributed by atoms with E-state index in [1.807, 2.05) is 54.6 Å². The monoisotopic (exact) mass is 342 g/mol. The molecule has 1 aromatic heterocycles. The Morgan fingerprint density at radius 2 is 1.75 bits per heavy atom. The van der Waals surface area contributed by atoms with Gasteiger partial charge in [-0.25, -0.2) is 0 Å². The number of rotatable bonds is 4. The number of benzene rings is 2. The maximum atomic E-state index is 12.7. The summed E-state index contributed by atoms with van der Waals surface area (Å²) in [6, 6.07) is 19.3. The van der Waals surface area contributed by atoms with Crippen molar-refractivity contribution >= 4 is 35.2 Å². The Labute approximate surface area is 146 Å². The average molecular weight is 343 g/mol. The summed E-state index contributed by atoms with van der Waals surface area (Å²) in [6.07, 6.45) is 0.645. The van der Waals surface area contributed by atoms with E-state index < -0.39 is 0 Å². The first-order chi connectivity index (χ1) is 11.1. The van der Waals surface area contributed by atoms with E-state index in [1.165, 1.54) is 4.90 Å². The molecule has 0 spiro atoms. The lowest BCUT2D eigenvalue weighted by atomic mass is 10.1. The third-order valence-corrected chi connectivity index (χ3v) is 3.76. The number of hydrogen-bond acceptors (Lipinski definition) is 2. The summed E-state index contributed by atoms with van der Waals surface area (Å²) in [5, 5.41) is 8.66. The van der Waals surface area contributed by atoms with Crippen LogP contribution in [-0.4, -0.2) is 28.3 Å². The maximum absolute atomic E-state index is 12.7. The van der Waals surface area contributed by atoms with Gasteiger partial charge in [-0.05, 0) is 24.1 Å². The fraction of sp³-hybridized carbons (Fsp3) is 0.111. The predicted octanol–water partition coefficient (Wildman–Crippen LogP) is 3.17. The summed E-state index contributed by atoms with van der Waals surface area (Å²) in [7, 11) is 0. The van der Waals surface area contributed by atoms with Crippen LogP contribution in [0.15, 0.2) is 60.7 Å². The summed E-state index contributed by atoms with van der Waals surface area (Å²) in [4.78, 5) is 17.0. The summed E-state index contributed by atoms with van der Waals surface area (Å²) in [5.74, 6) is -0.533. The van der Waals surface area contributed by atoms with Gasteiger partial charge >= 0.3 is 0 Å². The van der Waals surface area contributed by atoms with E-state index in [9.17, 15) is 4.79 Å². The zero-order valence-corrected chi connectivity index (χ0v) is 13.8. The van der Waals surface area contributed by atoms with Crippen molar-refractivity contribution in [2.24, 2.45) is 5.73 Å². The van der Waals surface area contributed by atoms with Gasteiger partial charge in [0.25, 0.3) is 5.91 Å². The number of aromatic nitrogens is 1. The highest BCUT2D eigenvalue weighted by molar-refractivity contribution is 6.05. The van der Waals surface area contributed by atoms with E-state index in [2.05, 4.69) is 4.98 Å². The zero-order chi connectivity index (χ0) is 16.2. The van der Waals surface area contributed by atoms with E-state index in [-0.39, 0.29) is 24.3 Å². The van der Waals surface area contributed by atoms with Crippen LogP contribution in [0, 0.1) is 5.41 Å². The molecule has 1 heterocycles. The van der Waals surface area contributed by atoms with E-state index in [0.29, 0.717) is 18.7 Å². The summed E-state index contributed by atoms with van der Waals surface area (Å²) in [6.45, 7) is 0.369. The van der Waals surface area contributed by atoms with Crippen LogP contribution in [0.4, 0.5) is 0 Å². The molecule has 3 aromatic rings. The van der Waals surface area contributed by atoms with Crippen molar-refractivity contribution in [2.45, 2.75) is 6.42 Å². The number of amides is 1. The van der Waals surface area contributed by atoms with Gasteiger partial charge in [0.2, 0.25) is 0 Å². The highest BCUT2D eigenvalue weighted by Gasteiger charge is 2.20. The number of aromatic amines is 1. The van der Waals surface area contributed by atoms with Crippen LogP contribution >= 0.6 is 12.4 Å². The van der Waals surface area contributed by atoms with Crippen molar-refractivity contribution in [3.05, 3.63) is 71.9 Å². The van der Waals surface area contributed by atoms with Gasteiger partial charge in [0.05, 0.1) is 0 Å². The molecule has 3 rings (SSSR count). The number of nitrogens with zero attached hydrogens (tertiary/aromatic N) is 1. The molecular formula is C18H19ClN4O.